The molecule has 21 heavy (non-hydrogen) atoms. The Morgan fingerprint density at radius 1 is 1.48 bits per heavy atom. The van der Waals surface area contributed by atoms with E-state index in [2.05, 4.69) is 20.5 Å². The maximum atomic E-state index is 12.0. The number of hydrogen-bond donors (Lipinski definition) is 2. The monoisotopic (exact) mass is 306 g/mol. The zero-order valence-corrected chi connectivity index (χ0v) is 12.9. The molecule has 2 N–H and O–H groups in total. The Labute approximate surface area is 127 Å². The van der Waals surface area contributed by atoms with Gasteiger partial charge in [0.25, 0.3) is 5.91 Å². The molecule has 1 aromatic heterocycles. The molecule has 0 aliphatic rings. The summed E-state index contributed by atoms with van der Waals surface area (Å²) in [5.41, 5.74) is 0.597. The van der Waals surface area contributed by atoms with Gasteiger partial charge in [-0.1, -0.05) is 17.8 Å². The summed E-state index contributed by atoms with van der Waals surface area (Å²) < 4.78 is 5.38. The van der Waals surface area contributed by atoms with E-state index >= 15 is 0 Å². The minimum atomic E-state index is -0.108. The van der Waals surface area contributed by atoms with Crippen molar-refractivity contribution in [1.29, 1.82) is 0 Å². The topological polar surface area (TPSA) is 79.9 Å². The average Bonchev–Trinajstić information content (AvgIpc) is 2.90. The van der Waals surface area contributed by atoms with Crippen LogP contribution in [0, 0.1) is 6.92 Å². The van der Waals surface area contributed by atoms with Crippen molar-refractivity contribution >= 4 is 17.7 Å². The quantitative estimate of drug-likeness (QED) is 0.604. The third kappa shape index (κ3) is 4.78. The smallest absolute Gasteiger partial charge is 0.251 e. The second kappa shape index (κ2) is 7.68. The third-order valence-electron chi connectivity index (χ3n) is 2.60. The van der Waals surface area contributed by atoms with E-state index in [0.29, 0.717) is 35.4 Å². The number of ether oxygens (including phenoxy) is 1. The minimum Gasteiger partial charge on any atom is -0.494 e. The largest absolute Gasteiger partial charge is 0.494 e. The Bertz CT molecular complexity index is 600. The maximum Gasteiger partial charge on any atom is 0.251 e. The summed E-state index contributed by atoms with van der Waals surface area (Å²) in [5, 5.41) is 10.4. The van der Waals surface area contributed by atoms with Crippen molar-refractivity contribution in [2.75, 3.05) is 18.9 Å². The number of aromatic amines is 1. The van der Waals surface area contributed by atoms with E-state index < -0.39 is 0 Å². The number of carbonyl (C=O) groups excluding carboxylic acids is 1. The summed E-state index contributed by atoms with van der Waals surface area (Å²) >= 11 is 1.50. The molecule has 1 heterocycles. The molecular formula is C14H18N4O2S. The van der Waals surface area contributed by atoms with Gasteiger partial charge in [0.15, 0.2) is 0 Å². The molecule has 0 saturated carbocycles. The van der Waals surface area contributed by atoms with E-state index in [-0.39, 0.29) is 5.91 Å². The fraction of sp³-hybridized carbons (Fsp3) is 0.357. The normalized spacial score (nSPS) is 10.4. The zero-order valence-electron chi connectivity index (χ0n) is 12.0. The van der Waals surface area contributed by atoms with Crippen molar-refractivity contribution in [3.05, 3.63) is 35.7 Å². The predicted octanol–water partition coefficient (Wildman–Crippen LogP) is 2.03. The molecule has 1 aromatic carbocycles. The van der Waals surface area contributed by atoms with Gasteiger partial charge in [-0.3, -0.25) is 9.89 Å². The van der Waals surface area contributed by atoms with Crippen molar-refractivity contribution in [1.82, 2.24) is 20.5 Å². The molecule has 0 aliphatic carbocycles. The molecule has 0 radical (unpaired) electrons. The first-order valence-electron chi connectivity index (χ1n) is 6.72. The van der Waals surface area contributed by atoms with Gasteiger partial charge in [0.05, 0.1) is 6.61 Å². The van der Waals surface area contributed by atoms with E-state index in [4.69, 9.17) is 4.74 Å². The summed E-state index contributed by atoms with van der Waals surface area (Å²) in [4.78, 5) is 16.2. The van der Waals surface area contributed by atoms with Crippen LogP contribution in [-0.2, 0) is 0 Å². The van der Waals surface area contributed by atoms with Crippen LogP contribution >= 0.6 is 11.8 Å². The van der Waals surface area contributed by atoms with Crippen LogP contribution in [0.1, 0.15) is 23.1 Å². The SMILES string of the molecule is CCOc1cccc(C(=O)NCCSc2n[nH]c(C)n2)c1. The van der Waals surface area contributed by atoms with Crippen LogP contribution in [0.15, 0.2) is 29.4 Å². The first kappa shape index (κ1) is 15.4. The summed E-state index contributed by atoms with van der Waals surface area (Å²) in [5.74, 6) is 2.10. The number of aromatic nitrogens is 3. The third-order valence-corrected chi connectivity index (χ3v) is 3.45. The maximum absolute atomic E-state index is 12.0. The second-order valence-corrected chi connectivity index (χ2v) is 5.33. The molecule has 7 heteroatoms. The van der Waals surface area contributed by atoms with E-state index in [9.17, 15) is 4.79 Å². The van der Waals surface area contributed by atoms with Gasteiger partial charge in [-0.05, 0) is 32.0 Å². The summed E-state index contributed by atoms with van der Waals surface area (Å²) in [6.45, 7) is 4.90. The number of aryl methyl sites for hydroxylation is 1. The van der Waals surface area contributed by atoms with Crippen LogP contribution in [0.25, 0.3) is 0 Å². The van der Waals surface area contributed by atoms with E-state index in [1.807, 2.05) is 26.0 Å². The Balaban J connectivity index is 1.77. The molecule has 0 fully saturated rings. The summed E-state index contributed by atoms with van der Waals surface area (Å²) in [7, 11) is 0. The standard InChI is InChI=1S/C14H18N4O2S/c1-3-20-12-6-4-5-11(9-12)13(19)15-7-8-21-14-16-10(2)17-18-14/h4-6,9H,3,7-8H2,1-2H3,(H,15,19)(H,16,17,18). The number of nitrogens with one attached hydrogen (secondary N) is 2. The lowest BCUT2D eigenvalue weighted by atomic mass is 10.2. The van der Waals surface area contributed by atoms with Crippen molar-refractivity contribution in [3.8, 4) is 5.75 Å². The predicted molar refractivity (Wildman–Crippen MR) is 81.8 cm³/mol. The molecule has 2 rings (SSSR count). The minimum absolute atomic E-state index is 0.108. The fourth-order valence-electron chi connectivity index (χ4n) is 1.69. The van der Waals surface area contributed by atoms with E-state index in [1.54, 1.807) is 12.1 Å². The molecule has 0 spiro atoms. The molecule has 0 saturated heterocycles. The second-order valence-electron chi connectivity index (χ2n) is 4.27. The van der Waals surface area contributed by atoms with Gasteiger partial charge in [0.2, 0.25) is 5.16 Å². The Morgan fingerprint density at radius 2 is 2.33 bits per heavy atom. The fourth-order valence-corrected chi connectivity index (χ4v) is 2.39. The lowest BCUT2D eigenvalue weighted by Crippen LogP contribution is -2.25. The number of hydrogen-bond acceptors (Lipinski definition) is 5. The number of thioether (sulfide) groups is 1. The number of H-pyrrole nitrogens is 1. The number of amides is 1. The summed E-state index contributed by atoms with van der Waals surface area (Å²) in [6.07, 6.45) is 0. The van der Waals surface area contributed by atoms with Crippen LogP contribution in [-0.4, -0.2) is 40.0 Å². The highest BCUT2D eigenvalue weighted by Gasteiger charge is 2.06. The van der Waals surface area contributed by atoms with E-state index in [1.165, 1.54) is 11.8 Å². The van der Waals surface area contributed by atoms with Crippen LogP contribution in [0.3, 0.4) is 0 Å². The molecule has 2 aromatic rings. The van der Waals surface area contributed by atoms with Crippen molar-refractivity contribution in [2.24, 2.45) is 0 Å². The molecule has 0 unspecified atom stereocenters. The number of benzene rings is 1. The number of rotatable bonds is 7. The molecular weight excluding hydrogens is 288 g/mol. The van der Waals surface area contributed by atoms with E-state index in [0.717, 1.165) is 5.82 Å². The van der Waals surface area contributed by atoms with Gasteiger partial charge in [0, 0.05) is 17.9 Å². The molecule has 1 amide bonds. The van der Waals surface area contributed by atoms with Gasteiger partial charge in [-0.25, -0.2) is 4.98 Å². The lowest BCUT2D eigenvalue weighted by molar-refractivity contribution is 0.0955. The van der Waals surface area contributed by atoms with Crippen LogP contribution in [0.4, 0.5) is 0 Å². The van der Waals surface area contributed by atoms with Gasteiger partial charge < -0.3 is 10.1 Å². The number of carbonyl (C=O) groups is 1. The first-order chi connectivity index (χ1) is 10.2. The average molecular weight is 306 g/mol. The number of nitrogens with zero attached hydrogens (tertiary/aromatic N) is 2. The first-order valence-corrected chi connectivity index (χ1v) is 7.70. The van der Waals surface area contributed by atoms with Crippen molar-refractivity contribution in [2.45, 2.75) is 19.0 Å². The van der Waals surface area contributed by atoms with Crippen LogP contribution in [0.2, 0.25) is 0 Å². The van der Waals surface area contributed by atoms with Gasteiger partial charge in [-0.15, -0.1) is 5.10 Å². The van der Waals surface area contributed by atoms with Crippen LogP contribution in [0.5, 0.6) is 5.75 Å². The van der Waals surface area contributed by atoms with Gasteiger partial charge in [0.1, 0.15) is 11.6 Å². The van der Waals surface area contributed by atoms with Crippen molar-refractivity contribution < 1.29 is 9.53 Å². The van der Waals surface area contributed by atoms with Gasteiger partial charge in [-0.2, -0.15) is 0 Å². The lowest BCUT2D eigenvalue weighted by Gasteiger charge is -2.07. The molecule has 112 valence electrons. The molecule has 0 atom stereocenters. The van der Waals surface area contributed by atoms with Gasteiger partial charge >= 0.3 is 0 Å². The van der Waals surface area contributed by atoms with Crippen LogP contribution < -0.4 is 10.1 Å². The highest BCUT2D eigenvalue weighted by atomic mass is 32.2. The molecule has 6 nitrogen and oxygen atoms in total. The zero-order chi connectivity index (χ0) is 15.1. The Kier molecular flexibility index (Phi) is 5.62. The summed E-state index contributed by atoms with van der Waals surface area (Å²) in [6, 6.07) is 7.15. The Hall–Kier alpha value is -2.02. The highest BCUT2D eigenvalue weighted by Crippen LogP contribution is 2.13. The molecule has 0 aliphatic heterocycles. The highest BCUT2D eigenvalue weighted by molar-refractivity contribution is 7.99. The Morgan fingerprint density at radius 3 is 3.05 bits per heavy atom. The molecule has 0 bridgehead atoms. The van der Waals surface area contributed by atoms with Crippen molar-refractivity contribution in [3.63, 3.8) is 0 Å².